The molecule has 10 aromatic rings. The molecular weight excluding hydrogens is 611 g/mol. The average Bonchev–Trinajstić information content (AvgIpc) is 3.74. The Hall–Kier alpha value is -6.85. The predicted molar refractivity (Wildman–Crippen MR) is 205 cm³/mol. The third kappa shape index (κ3) is 4.52. The smallest absolute Gasteiger partial charge is 0.164 e. The van der Waals surface area contributed by atoms with Gasteiger partial charge in [-0.05, 0) is 60.7 Å². The summed E-state index contributed by atoms with van der Waals surface area (Å²) in [6, 6.07) is 47.3. The molecule has 0 spiro atoms. The zero-order valence-electron chi connectivity index (χ0n) is 31.6. The maximum Gasteiger partial charge on any atom is 0.164 e. The number of aromatic nitrogens is 5. The topological polar surface area (TPSA) is 48.5 Å². The first-order valence-electron chi connectivity index (χ1n) is 18.9. The lowest BCUT2D eigenvalue weighted by molar-refractivity contribution is 1.07. The number of hydrogen-bond donors (Lipinski definition) is 0. The van der Waals surface area contributed by atoms with Crippen molar-refractivity contribution in [2.24, 2.45) is 0 Å². The molecule has 0 aliphatic heterocycles. The van der Waals surface area contributed by atoms with Crippen molar-refractivity contribution in [1.82, 2.24) is 24.1 Å². The van der Waals surface area contributed by atoms with Crippen LogP contribution in [-0.2, 0) is 0 Å². The summed E-state index contributed by atoms with van der Waals surface area (Å²) in [6.07, 6.45) is 0. The van der Waals surface area contributed by atoms with Gasteiger partial charge in [0.2, 0.25) is 0 Å². The fourth-order valence-electron chi connectivity index (χ4n) is 7.02. The minimum Gasteiger partial charge on any atom is -0.309 e. The van der Waals surface area contributed by atoms with E-state index in [0.717, 1.165) is 49.6 Å². The molecule has 3 heterocycles. The predicted octanol–water partition coefficient (Wildman–Crippen LogP) is 11.1. The lowest BCUT2D eigenvalue weighted by Crippen LogP contribution is -2.00. The van der Waals surface area contributed by atoms with Crippen molar-refractivity contribution >= 4 is 43.6 Å². The van der Waals surface area contributed by atoms with Crippen molar-refractivity contribution in [1.29, 1.82) is 0 Å². The summed E-state index contributed by atoms with van der Waals surface area (Å²) in [6.45, 7) is 0. The first-order chi connectivity index (χ1) is 26.9. The molecular formula is C45H29N5. The first-order valence-corrected chi connectivity index (χ1v) is 16.4. The van der Waals surface area contributed by atoms with Crippen LogP contribution in [0.2, 0.25) is 0 Å². The fourth-order valence-corrected chi connectivity index (χ4v) is 7.02. The number of nitrogens with zero attached hydrogens (tertiary/aromatic N) is 5. The molecule has 0 radical (unpaired) electrons. The van der Waals surface area contributed by atoms with E-state index >= 15 is 0 Å². The molecule has 10 rings (SSSR count). The second-order valence-electron chi connectivity index (χ2n) is 12.1. The van der Waals surface area contributed by atoms with Crippen molar-refractivity contribution in [2.45, 2.75) is 0 Å². The van der Waals surface area contributed by atoms with Crippen molar-refractivity contribution in [3.63, 3.8) is 0 Å². The van der Waals surface area contributed by atoms with Gasteiger partial charge in [0.15, 0.2) is 17.5 Å². The molecule has 0 fully saturated rings. The maximum absolute atomic E-state index is 8.63. The second-order valence-corrected chi connectivity index (χ2v) is 12.1. The molecule has 0 aliphatic carbocycles. The lowest BCUT2D eigenvalue weighted by atomic mass is 10.1. The largest absolute Gasteiger partial charge is 0.309 e. The van der Waals surface area contributed by atoms with E-state index in [9.17, 15) is 0 Å². The number of hydrogen-bond acceptors (Lipinski definition) is 3. The summed E-state index contributed by atoms with van der Waals surface area (Å²) in [5.41, 5.74) is 7.81. The highest BCUT2D eigenvalue weighted by molar-refractivity contribution is 6.19. The van der Waals surface area contributed by atoms with E-state index in [1.165, 1.54) is 5.39 Å². The molecule has 0 aliphatic rings. The van der Waals surface area contributed by atoms with E-state index in [1.807, 2.05) is 60.7 Å². The summed E-state index contributed by atoms with van der Waals surface area (Å²) in [7, 11) is 0. The molecule has 3 aromatic heterocycles. The van der Waals surface area contributed by atoms with Gasteiger partial charge in [-0.15, -0.1) is 0 Å². The first kappa shape index (κ1) is 23.5. The van der Waals surface area contributed by atoms with E-state index in [4.69, 9.17) is 16.8 Å². The average molecular weight is 645 g/mol. The van der Waals surface area contributed by atoms with Crippen LogP contribution in [0.3, 0.4) is 0 Å². The monoisotopic (exact) mass is 644 g/mol. The van der Waals surface area contributed by atoms with Gasteiger partial charge in [0, 0.05) is 49.6 Å². The number of fused-ring (bicyclic) bond motifs is 6. The van der Waals surface area contributed by atoms with Gasteiger partial charge in [0.05, 0.1) is 28.9 Å². The SMILES string of the molecule is [2H]c1c([2H])c([2H])c(-c2nc(-c3ccccc3)nc(-c3ccc(-n4c5ccccc5c5cc6c(cc54)c4ccccc4n6-c4ccccc4)cc3)n2)c([2H])c1[2H]. The minimum atomic E-state index is -0.473. The zero-order chi connectivity index (χ0) is 37.4. The van der Waals surface area contributed by atoms with E-state index in [0.29, 0.717) is 22.8 Å². The molecule has 0 N–H and O–H groups in total. The summed E-state index contributed by atoms with van der Waals surface area (Å²) < 4.78 is 46.5. The molecule has 7 aromatic carbocycles. The Bertz CT molecular complexity index is 3110. The molecule has 0 amide bonds. The number of benzene rings is 7. The van der Waals surface area contributed by atoms with Crippen LogP contribution in [-0.4, -0.2) is 24.1 Å². The van der Waals surface area contributed by atoms with Crippen LogP contribution < -0.4 is 0 Å². The van der Waals surface area contributed by atoms with Crippen molar-refractivity contribution < 1.29 is 6.85 Å². The summed E-state index contributed by atoms with van der Waals surface area (Å²) >= 11 is 0. The Balaban J connectivity index is 1.16. The Labute approximate surface area is 295 Å². The number of para-hydroxylation sites is 3. The Kier molecular flexibility index (Phi) is 5.35. The Morgan fingerprint density at radius 3 is 1.36 bits per heavy atom. The van der Waals surface area contributed by atoms with Crippen molar-refractivity contribution in [2.75, 3.05) is 0 Å². The molecule has 234 valence electrons. The molecule has 0 saturated heterocycles. The van der Waals surface area contributed by atoms with Crippen LogP contribution in [0, 0.1) is 0 Å². The Morgan fingerprint density at radius 2 is 0.800 bits per heavy atom. The molecule has 0 saturated carbocycles. The quantitative estimate of drug-likeness (QED) is 0.187. The summed E-state index contributed by atoms with van der Waals surface area (Å²) in [4.78, 5) is 14.2. The Morgan fingerprint density at radius 1 is 0.360 bits per heavy atom. The van der Waals surface area contributed by atoms with Crippen molar-refractivity contribution in [3.05, 3.63) is 176 Å². The molecule has 0 atom stereocenters. The molecule has 5 heteroatoms. The lowest BCUT2D eigenvalue weighted by Gasteiger charge is -2.11. The van der Waals surface area contributed by atoms with Gasteiger partial charge in [0.25, 0.3) is 0 Å². The molecule has 50 heavy (non-hydrogen) atoms. The highest BCUT2D eigenvalue weighted by Crippen LogP contribution is 2.39. The van der Waals surface area contributed by atoms with Crippen LogP contribution in [0.1, 0.15) is 6.85 Å². The summed E-state index contributed by atoms with van der Waals surface area (Å²) in [5, 5.41) is 4.61. The highest BCUT2D eigenvalue weighted by Gasteiger charge is 2.19. The van der Waals surface area contributed by atoms with Crippen LogP contribution in [0.25, 0.3) is 89.2 Å². The fraction of sp³-hybridized carbons (Fsp3) is 0. The molecule has 5 nitrogen and oxygen atoms in total. The van der Waals surface area contributed by atoms with Crippen LogP contribution in [0.5, 0.6) is 0 Å². The van der Waals surface area contributed by atoms with Crippen LogP contribution in [0.4, 0.5) is 0 Å². The third-order valence-corrected chi connectivity index (χ3v) is 9.26. The zero-order valence-corrected chi connectivity index (χ0v) is 26.6. The second kappa shape index (κ2) is 11.4. The third-order valence-electron chi connectivity index (χ3n) is 9.26. The van der Waals surface area contributed by atoms with Gasteiger partial charge in [-0.2, -0.15) is 0 Å². The van der Waals surface area contributed by atoms with Gasteiger partial charge in [0.1, 0.15) is 0 Å². The normalized spacial score (nSPS) is 13.0. The summed E-state index contributed by atoms with van der Waals surface area (Å²) in [5.74, 6) is 0.656. The van der Waals surface area contributed by atoms with Crippen LogP contribution in [0.15, 0.2) is 176 Å². The maximum atomic E-state index is 8.63. The van der Waals surface area contributed by atoms with E-state index < -0.39 is 18.1 Å². The van der Waals surface area contributed by atoms with E-state index in [2.05, 4.69) is 99.0 Å². The van der Waals surface area contributed by atoms with Crippen LogP contribution >= 0.6 is 0 Å². The van der Waals surface area contributed by atoms with E-state index in [1.54, 1.807) is 0 Å². The van der Waals surface area contributed by atoms with Gasteiger partial charge in [-0.25, -0.2) is 15.0 Å². The highest BCUT2D eigenvalue weighted by atomic mass is 15.0. The minimum absolute atomic E-state index is 0.00557. The van der Waals surface area contributed by atoms with Crippen molar-refractivity contribution in [3.8, 4) is 45.5 Å². The number of rotatable bonds is 5. The van der Waals surface area contributed by atoms with Gasteiger partial charge < -0.3 is 9.13 Å². The molecule has 0 bridgehead atoms. The van der Waals surface area contributed by atoms with Gasteiger partial charge in [-0.1, -0.05) is 115 Å². The standard InChI is InChI=1S/C45H29N5/c1-4-14-30(15-5-1)43-46-44(31-16-6-2-7-17-31)48-45(47-43)32-24-26-34(27-25-32)50-40-23-13-11-21-36(40)38-28-41-37(29-42(38)50)35-20-10-12-22-39(35)49(41)33-18-8-3-9-19-33/h1-29H/i1D,4D,5D,14D,15D. The molecule has 0 unspecified atom stereocenters. The van der Waals surface area contributed by atoms with Gasteiger partial charge >= 0.3 is 0 Å². The van der Waals surface area contributed by atoms with E-state index in [-0.39, 0.29) is 23.5 Å². The van der Waals surface area contributed by atoms with Gasteiger partial charge in [-0.3, -0.25) is 0 Å².